The molecule has 0 atom stereocenters. The minimum absolute atomic E-state index is 0.0270. The van der Waals surface area contributed by atoms with Gasteiger partial charge in [0.05, 0.1) is 17.2 Å². The first kappa shape index (κ1) is 22.4. The number of aryl methyl sites for hydroxylation is 1. The molecule has 0 aliphatic rings. The molecule has 31 heavy (non-hydrogen) atoms. The Morgan fingerprint density at radius 1 is 1.13 bits per heavy atom. The molecule has 3 aromatic carbocycles. The van der Waals surface area contributed by atoms with Gasteiger partial charge in [0.1, 0.15) is 12.4 Å². The first-order chi connectivity index (χ1) is 14.9. The molecule has 0 spiro atoms. The smallest absolute Gasteiger partial charge is 0.335 e. The van der Waals surface area contributed by atoms with Crippen LogP contribution in [-0.4, -0.2) is 17.7 Å². The van der Waals surface area contributed by atoms with Gasteiger partial charge in [-0.2, -0.15) is 0 Å². The van der Waals surface area contributed by atoms with E-state index in [1.54, 1.807) is 42.5 Å². The number of carboxylic acid groups (broad SMARTS) is 1. The van der Waals surface area contributed by atoms with Gasteiger partial charge in [-0.3, -0.25) is 0 Å². The van der Waals surface area contributed by atoms with Crippen molar-refractivity contribution in [1.82, 2.24) is 0 Å². The van der Waals surface area contributed by atoms with Crippen LogP contribution in [0.5, 0.6) is 11.5 Å². The summed E-state index contributed by atoms with van der Waals surface area (Å²) >= 11 is 6.45. The standard InChI is InChI=1S/C24H23ClFNO4/c1-3-30-22-12-16(13-27-21-9-8-17(24(28)29)10-15(21)2)11-19(25)23(22)31-14-18-6-4-5-7-20(18)26/h4-12,27H,3,13-14H2,1-2H3,(H,28,29). The van der Waals surface area contributed by atoms with E-state index in [1.165, 1.54) is 6.07 Å². The van der Waals surface area contributed by atoms with E-state index in [1.807, 2.05) is 19.9 Å². The third kappa shape index (κ3) is 5.67. The molecule has 0 saturated heterocycles. The Balaban J connectivity index is 1.76. The van der Waals surface area contributed by atoms with Crippen molar-refractivity contribution < 1.29 is 23.8 Å². The molecule has 0 unspecified atom stereocenters. The Kier molecular flexibility index (Phi) is 7.36. The van der Waals surface area contributed by atoms with Crippen LogP contribution in [0.1, 0.15) is 34.0 Å². The SMILES string of the molecule is CCOc1cc(CNc2ccc(C(=O)O)cc2C)cc(Cl)c1OCc1ccccc1F. The van der Waals surface area contributed by atoms with Gasteiger partial charge in [0, 0.05) is 17.8 Å². The largest absolute Gasteiger partial charge is 0.490 e. The predicted octanol–water partition coefficient (Wildman–Crippen LogP) is 6.08. The van der Waals surface area contributed by atoms with E-state index in [0.717, 1.165) is 16.8 Å². The van der Waals surface area contributed by atoms with Crippen molar-refractivity contribution in [3.8, 4) is 11.5 Å². The number of hydrogen-bond donors (Lipinski definition) is 2. The number of carbonyl (C=O) groups is 1. The molecular formula is C24H23ClFNO4. The minimum Gasteiger partial charge on any atom is -0.490 e. The van der Waals surface area contributed by atoms with Crippen LogP contribution in [0.4, 0.5) is 10.1 Å². The van der Waals surface area contributed by atoms with Crippen molar-refractivity contribution in [2.75, 3.05) is 11.9 Å². The summed E-state index contributed by atoms with van der Waals surface area (Å²) in [5.74, 6) is -0.478. The van der Waals surface area contributed by atoms with E-state index < -0.39 is 5.97 Å². The summed E-state index contributed by atoms with van der Waals surface area (Å²) in [5, 5.41) is 12.7. The Morgan fingerprint density at radius 2 is 1.90 bits per heavy atom. The highest BCUT2D eigenvalue weighted by Crippen LogP contribution is 2.37. The van der Waals surface area contributed by atoms with Gasteiger partial charge < -0.3 is 19.9 Å². The molecule has 0 aliphatic carbocycles. The van der Waals surface area contributed by atoms with Crippen LogP contribution in [0.2, 0.25) is 5.02 Å². The third-order valence-electron chi connectivity index (χ3n) is 4.66. The number of halogens is 2. The Bertz CT molecular complexity index is 1090. The molecule has 0 bridgehead atoms. The van der Waals surface area contributed by atoms with E-state index in [2.05, 4.69) is 5.32 Å². The van der Waals surface area contributed by atoms with Crippen LogP contribution in [0.3, 0.4) is 0 Å². The summed E-state index contributed by atoms with van der Waals surface area (Å²) in [6, 6.07) is 14.9. The van der Waals surface area contributed by atoms with Gasteiger partial charge in [0.25, 0.3) is 0 Å². The maximum atomic E-state index is 13.9. The van der Waals surface area contributed by atoms with Crippen LogP contribution in [0, 0.1) is 12.7 Å². The molecule has 0 aliphatic heterocycles. The Hall–Kier alpha value is -3.25. The van der Waals surface area contributed by atoms with Crippen molar-refractivity contribution >= 4 is 23.3 Å². The lowest BCUT2D eigenvalue weighted by atomic mass is 10.1. The maximum absolute atomic E-state index is 13.9. The lowest BCUT2D eigenvalue weighted by Gasteiger charge is -2.16. The van der Waals surface area contributed by atoms with Gasteiger partial charge in [-0.05, 0) is 61.4 Å². The number of hydrogen-bond acceptors (Lipinski definition) is 4. The zero-order valence-corrected chi connectivity index (χ0v) is 18.0. The third-order valence-corrected chi connectivity index (χ3v) is 4.94. The van der Waals surface area contributed by atoms with Crippen molar-refractivity contribution in [1.29, 1.82) is 0 Å². The van der Waals surface area contributed by atoms with Gasteiger partial charge in [-0.1, -0.05) is 29.8 Å². The van der Waals surface area contributed by atoms with E-state index in [9.17, 15) is 9.18 Å². The number of carboxylic acids is 1. The highest BCUT2D eigenvalue weighted by atomic mass is 35.5. The number of rotatable bonds is 9. The molecule has 0 amide bonds. The number of aromatic carboxylic acids is 1. The fourth-order valence-corrected chi connectivity index (χ4v) is 3.37. The van der Waals surface area contributed by atoms with Gasteiger partial charge in [0.15, 0.2) is 11.5 Å². The molecule has 3 aromatic rings. The summed E-state index contributed by atoms with van der Waals surface area (Å²) in [5.41, 5.74) is 3.15. The molecule has 162 valence electrons. The van der Waals surface area contributed by atoms with Crippen molar-refractivity contribution in [2.45, 2.75) is 27.0 Å². The van der Waals surface area contributed by atoms with E-state index in [4.69, 9.17) is 26.2 Å². The maximum Gasteiger partial charge on any atom is 0.335 e. The lowest BCUT2D eigenvalue weighted by Crippen LogP contribution is -2.05. The summed E-state index contributed by atoms with van der Waals surface area (Å²) in [4.78, 5) is 11.1. The fraction of sp³-hybridized carbons (Fsp3) is 0.208. The molecular weight excluding hydrogens is 421 g/mol. The second-order valence-corrected chi connectivity index (χ2v) is 7.31. The minimum atomic E-state index is -0.964. The molecule has 3 rings (SSSR count). The number of nitrogens with one attached hydrogen (secondary N) is 1. The molecule has 0 radical (unpaired) electrons. The Labute approximate surface area is 185 Å². The number of ether oxygens (including phenoxy) is 2. The van der Waals surface area contributed by atoms with Crippen LogP contribution < -0.4 is 14.8 Å². The first-order valence-corrected chi connectivity index (χ1v) is 10.2. The highest BCUT2D eigenvalue weighted by molar-refractivity contribution is 6.32. The molecule has 0 heterocycles. The van der Waals surface area contributed by atoms with Gasteiger partial charge in [0.2, 0.25) is 0 Å². The quantitative estimate of drug-likeness (QED) is 0.419. The van der Waals surface area contributed by atoms with Crippen molar-refractivity contribution in [3.63, 3.8) is 0 Å². The average molecular weight is 444 g/mol. The molecule has 2 N–H and O–H groups in total. The molecule has 0 saturated carbocycles. The van der Waals surface area contributed by atoms with Gasteiger partial charge >= 0.3 is 5.97 Å². The zero-order chi connectivity index (χ0) is 22.4. The van der Waals surface area contributed by atoms with Crippen LogP contribution in [-0.2, 0) is 13.2 Å². The van der Waals surface area contributed by atoms with Gasteiger partial charge in [-0.15, -0.1) is 0 Å². The second kappa shape index (κ2) is 10.2. The summed E-state index contributed by atoms with van der Waals surface area (Å²) in [6.45, 7) is 4.58. The molecule has 0 fully saturated rings. The molecule has 7 heteroatoms. The highest BCUT2D eigenvalue weighted by Gasteiger charge is 2.14. The first-order valence-electron chi connectivity index (χ1n) is 9.78. The summed E-state index contributed by atoms with van der Waals surface area (Å²) in [7, 11) is 0. The van der Waals surface area contributed by atoms with E-state index in [-0.39, 0.29) is 18.0 Å². The second-order valence-electron chi connectivity index (χ2n) is 6.91. The van der Waals surface area contributed by atoms with Gasteiger partial charge in [-0.25, -0.2) is 9.18 Å². The van der Waals surface area contributed by atoms with E-state index in [0.29, 0.717) is 35.2 Å². The Morgan fingerprint density at radius 3 is 2.58 bits per heavy atom. The summed E-state index contributed by atoms with van der Waals surface area (Å²) < 4.78 is 25.4. The van der Waals surface area contributed by atoms with Crippen molar-refractivity contribution in [3.05, 3.63) is 87.7 Å². The van der Waals surface area contributed by atoms with Crippen LogP contribution >= 0.6 is 11.6 Å². The van der Waals surface area contributed by atoms with Crippen LogP contribution in [0.15, 0.2) is 54.6 Å². The average Bonchev–Trinajstić information content (AvgIpc) is 2.73. The van der Waals surface area contributed by atoms with Crippen molar-refractivity contribution in [2.24, 2.45) is 0 Å². The number of anilines is 1. The predicted molar refractivity (Wildman–Crippen MR) is 119 cm³/mol. The zero-order valence-electron chi connectivity index (χ0n) is 17.2. The fourth-order valence-electron chi connectivity index (χ4n) is 3.08. The van der Waals surface area contributed by atoms with E-state index >= 15 is 0 Å². The topological polar surface area (TPSA) is 67.8 Å². The normalized spacial score (nSPS) is 10.6. The molecule has 5 nitrogen and oxygen atoms in total. The summed E-state index contributed by atoms with van der Waals surface area (Å²) in [6.07, 6.45) is 0. The number of benzene rings is 3. The lowest BCUT2D eigenvalue weighted by molar-refractivity contribution is 0.0697. The van der Waals surface area contributed by atoms with Crippen LogP contribution in [0.25, 0.3) is 0 Å². The molecule has 0 aromatic heterocycles. The monoisotopic (exact) mass is 443 g/mol.